The van der Waals surface area contributed by atoms with Crippen LogP contribution in [0.25, 0.3) is 0 Å². The summed E-state index contributed by atoms with van der Waals surface area (Å²) in [5, 5.41) is 10.2. The molecule has 3 heterocycles. The molecule has 6 unspecified atom stereocenters. The van der Waals surface area contributed by atoms with Gasteiger partial charge in [-0.2, -0.15) is 0 Å². The summed E-state index contributed by atoms with van der Waals surface area (Å²) in [4.78, 5) is 14.7. The van der Waals surface area contributed by atoms with Gasteiger partial charge in [0.15, 0.2) is 0 Å². The summed E-state index contributed by atoms with van der Waals surface area (Å²) < 4.78 is 0. The van der Waals surface area contributed by atoms with E-state index in [1.807, 2.05) is 12.2 Å². The zero-order valence-electron chi connectivity index (χ0n) is 22.7. The van der Waals surface area contributed by atoms with Crippen molar-refractivity contribution in [3.63, 3.8) is 0 Å². The maximum Gasteiger partial charge on any atom is 0.225 e. The smallest absolute Gasteiger partial charge is 0.225 e. The zero-order chi connectivity index (χ0) is 25.9. The number of nitrogens with zero attached hydrogens (tertiary/aromatic N) is 4. The number of halogens is 1. The average molecular weight is 523 g/mol. The van der Waals surface area contributed by atoms with Gasteiger partial charge in [-0.1, -0.05) is 43.3 Å². The number of anilines is 1. The first-order valence-corrected chi connectivity index (χ1v) is 14.8. The lowest BCUT2D eigenvalue weighted by atomic mass is 9.46. The predicted molar refractivity (Wildman–Crippen MR) is 151 cm³/mol. The maximum atomic E-state index is 9.55. The fourth-order valence-electron chi connectivity index (χ4n) is 9.49. The number of aromatic nitrogens is 2. The Balaban J connectivity index is 1.39. The monoisotopic (exact) mass is 522 g/mol. The first-order valence-electron chi connectivity index (χ1n) is 14.4. The highest BCUT2D eigenvalue weighted by Gasteiger charge is 2.74. The van der Waals surface area contributed by atoms with Crippen LogP contribution < -0.4 is 4.90 Å². The molecule has 6 heteroatoms. The summed E-state index contributed by atoms with van der Waals surface area (Å²) in [6.45, 7) is 15.1. The lowest BCUT2D eigenvalue weighted by Crippen LogP contribution is -2.67. The standard InChI is InChI=1S/C31H43ClN4O/c1-5-20(2)23(7-6-12-37)13-25-19-35(17-22-8-9-22)21(3)31-11-10-27-28(30(25,31)4)24(14-31)18-36(27)29-33-15-26(32)16-34-29/h5-7,15-16,21-22,24-25,27-28,37H,1,8-14,17-19H2,2-4H3/b7-6-,23-20+/t21?,24-,25?,27?,28?,30?,31?/m1/s1. The molecule has 5 nitrogen and oxygen atoms in total. The van der Waals surface area contributed by atoms with Crippen LogP contribution in [0.4, 0.5) is 5.95 Å². The van der Waals surface area contributed by atoms with Gasteiger partial charge in [0.25, 0.3) is 0 Å². The van der Waals surface area contributed by atoms with Gasteiger partial charge < -0.3 is 10.0 Å². The van der Waals surface area contributed by atoms with E-state index in [1.54, 1.807) is 12.4 Å². The summed E-state index contributed by atoms with van der Waals surface area (Å²) >= 11 is 6.14. The molecule has 3 saturated carbocycles. The van der Waals surface area contributed by atoms with Crippen molar-refractivity contribution >= 4 is 17.5 Å². The van der Waals surface area contributed by atoms with Crippen LogP contribution in [0.15, 0.2) is 48.3 Å². The first kappa shape index (κ1) is 25.6. The van der Waals surface area contributed by atoms with E-state index in [0.29, 0.717) is 40.3 Å². The Bertz CT molecular complexity index is 1100. The minimum absolute atomic E-state index is 0.0768. The highest BCUT2D eigenvalue weighted by Crippen LogP contribution is 2.74. The van der Waals surface area contributed by atoms with Gasteiger partial charge in [0.1, 0.15) is 0 Å². The largest absolute Gasteiger partial charge is 0.392 e. The molecule has 0 radical (unpaired) electrons. The van der Waals surface area contributed by atoms with Gasteiger partial charge in [-0.25, -0.2) is 9.97 Å². The number of aliphatic hydroxyl groups excluding tert-OH is 1. The van der Waals surface area contributed by atoms with E-state index in [1.165, 1.54) is 56.3 Å². The quantitative estimate of drug-likeness (QED) is 0.430. The molecule has 1 N–H and O–H groups in total. The van der Waals surface area contributed by atoms with Gasteiger partial charge in [0.2, 0.25) is 5.95 Å². The average Bonchev–Trinajstić information content (AvgIpc) is 3.60. The predicted octanol–water partition coefficient (Wildman–Crippen LogP) is 5.91. The van der Waals surface area contributed by atoms with E-state index < -0.39 is 0 Å². The molecule has 6 rings (SSSR count). The number of piperidine rings is 1. The van der Waals surface area contributed by atoms with E-state index in [0.717, 1.165) is 24.8 Å². The van der Waals surface area contributed by atoms with Crippen molar-refractivity contribution in [2.45, 2.75) is 71.4 Å². The third-order valence-electron chi connectivity index (χ3n) is 11.4. The Morgan fingerprint density at radius 3 is 2.68 bits per heavy atom. The number of likely N-dealkylation sites (tertiary alicyclic amines) is 1. The second kappa shape index (κ2) is 9.50. The number of rotatable bonds is 8. The molecule has 200 valence electrons. The van der Waals surface area contributed by atoms with E-state index in [-0.39, 0.29) is 12.0 Å². The van der Waals surface area contributed by atoms with Crippen molar-refractivity contribution in [1.29, 1.82) is 0 Å². The fraction of sp³-hybridized carbons (Fsp3) is 0.677. The summed E-state index contributed by atoms with van der Waals surface area (Å²) in [6, 6.07) is 1.12. The molecule has 37 heavy (non-hydrogen) atoms. The Morgan fingerprint density at radius 2 is 2.00 bits per heavy atom. The minimum Gasteiger partial charge on any atom is -0.392 e. The summed E-state index contributed by atoms with van der Waals surface area (Å²) in [5.41, 5.74) is 3.18. The molecule has 2 saturated heterocycles. The third-order valence-corrected chi connectivity index (χ3v) is 11.6. The molecule has 1 aromatic heterocycles. The summed E-state index contributed by atoms with van der Waals surface area (Å²) in [7, 11) is 0. The second-order valence-corrected chi connectivity index (χ2v) is 13.3. The molecular weight excluding hydrogens is 480 g/mol. The fourth-order valence-corrected chi connectivity index (χ4v) is 9.59. The molecule has 7 atom stereocenters. The Morgan fingerprint density at radius 1 is 1.24 bits per heavy atom. The van der Waals surface area contributed by atoms with E-state index >= 15 is 0 Å². The summed E-state index contributed by atoms with van der Waals surface area (Å²) in [5.74, 6) is 3.66. The van der Waals surface area contributed by atoms with Crippen molar-refractivity contribution in [2.24, 2.45) is 34.5 Å². The molecule has 5 aliphatic rings. The van der Waals surface area contributed by atoms with Gasteiger partial charge in [-0.15, -0.1) is 0 Å². The van der Waals surface area contributed by atoms with E-state index in [4.69, 9.17) is 11.6 Å². The van der Waals surface area contributed by atoms with Crippen molar-refractivity contribution < 1.29 is 5.11 Å². The second-order valence-electron chi connectivity index (χ2n) is 12.9. The van der Waals surface area contributed by atoms with Crippen molar-refractivity contribution in [3.8, 4) is 0 Å². The Hall–Kier alpha value is -1.69. The lowest BCUT2D eigenvalue weighted by Gasteiger charge is -2.65. The molecule has 5 fully saturated rings. The van der Waals surface area contributed by atoms with Crippen molar-refractivity contribution in [1.82, 2.24) is 14.9 Å². The van der Waals surface area contributed by atoms with Crippen molar-refractivity contribution in [3.05, 3.63) is 53.4 Å². The summed E-state index contributed by atoms with van der Waals surface area (Å²) in [6.07, 6.45) is 17.2. The molecule has 1 aromatic rings. The molecule has 2 aliphatic heterocycles. The van der Waals surface area contributed by atoms with Gasteiger partial charge in [-0.3, -0.25) is 4.90 Å². The molecule has 0 aromatic carbocycles. The SMILES string of the molecule is C=C/C(C)=C(\C=C/CO)CC1CN(CC2CC2)C(C)C23CCC4C([C@@H](CN4c4ncc(Cl)cn4)C2)C13C. The van der Waals surface area contributed by atoms with Crippen molar-refractivity contribution in [2.75, 3.05) is 31.1 Å². The molecule has 2 bridgehead atoms. The van der Waals surface area contributed by atoms with Crippen LogP contribution >= 0.6 is 11.6 Å². The van der Waals surface area contributed by atoms with Gasteiger partial charge in [0.05, 0.1) is 24.0 Å². The minimum atomic E-state index is 0.0768. The van der Waals surface area contributed by atoms with Crippen LogP contribution in [0.1, 0.15) is 59.3 Å². The molecule has 0 spiro atoms. The molecule has 3 aliphatic carbocycles. The number of allylic oxidation sites excluding steroid dienone is 4. The van der Waals surface area contributed by atoms with Gasteiger partial charge in [0, 0.05) is 31.7 Å². The normalized spacial score (nSPS) is 39.7. The van der Waals surface area contributed by atoms with Gasteiger partial charge >= 0.3 is 0 Å². The van der Waals surface area contributed by atoms with E-state index in [2.05, 4.69) is 53.2 Å². The highest BCUT2D eigenvalue weighted by molar-refractivity contribution is 6.30. The van der Waals surface area contributed by atoms with Gasteiger partial charge in [-0.05, 0) is 98.0 Å². The lowest BCUT2D eigenvalue weighted by molar-refractivity contribution is -0.151. The van der Waals surface area contributed by atoms with Crippen LogP contribution in [-0.2, 0) is 0 Å². The van der Waals surface area contributed by atoms with Crippen LogP contribution in [0.3, 0.4) is 0 Å². The number of aliphatic hydroxyl groups is 1. The van der Waals surface area contributed by atoms with Crippen LogP contribution in [0.5, 0.6) is 0 Å². The van der Waals surface area contributed by atoms with Crippen LogP contribution in [0, 0.1) is 34.5 Å². The van der Waals surface area contributed by atoms with E-state index in [9.17, 15) is 5.11 Å². The maximum absolute atomic E-state index is 9.55. The zero-order valence-corrected chi connectivity index (χ0v) is 23.5. The Labute approximate surface area is 227 Å². The molecular formula is C31H43ClN4O. The molecule has 0 amide bonds. The number of hydrogen-bond acceptors (Lipinski definition) is 5. The highest BCUT2D eigenvalue weighted by atomic mass is 35.5. The topological polar surface area (TPSA) is 52.5 Å². The first-order chi connectivity index (χ1) is 17.8. The third kappa shape index (κ3) is 3.94. The van der Waals surface area contributed by atoms with Crippen LogP contribution in [-0.4, -0.2) is 58.3 Å². The number of hydrogen-bond donors (Lipinski definition) is 1. The Kier molecular flexibility index (Phi) is 6.57. The van der Waals surface area contributed by atoms with Crippen LogP contribution in [0.2, 0.25) is 5.02 Å².